The first-order valence-corrected chi connectivity index (χ1v) is 11.2. The first-order chi connectivity index (χ1) is 15.7. The predicted molar refractivity (Wildman–Crippen MR) is 122 cm³/mol. The minimum atomic E-state index is -3.84. The average molecular weight is 465 g/mol. The molecule has 1 amide bonds. The molecule has 0 fully saturated rings. The van der Waals surface area contributed by atoms with Crippen molar-refractivity contribution in [1.82, 2.24) is 0 Å². The van der Waals surface area contributed by atoms with E-state index in [9.17, 15) is 18.0 Å². The SMILES string of the molecule is COC(=O)c1cccc(-c2ccc(/C=C3\C(=O)N(c4ccc(S(N)(=O)=O)cc4)N=C3C)o2)c1. The van der Waals surface area contributed by atoms with Gasteiger partial charge in [-0.1, -0.05) is 12.1 Å². The highest BCUT2D eigenvalue weighted by Gasteiger charge is 2.29. The van der Waals surface area contributed by atoms with E-state index in [0.717, 1.165) is 0 Å². The van der Waals surface area contributed by atoms with Crippen LogP contribution < -0.4 is 10.1 Å². The van der Waals surface area contributed by atoms with Crippen LogP contribution in [0.5, 0.6) is 0 Å². The number of hydrogen-bond donors (Lipinski definition) is 1. The largest absolute Gasteiger partial charge is 0.465 e. The van der Waals surface area contributed by atoms with Gasteiger partial charge in [0.05, 0.1) is 34.5 Å². The third kappa shape index (κ3) is 4.47. The van der Waals surface area contributed by atoms with Crippen molar-refractivity contribution in [2.75, 3.05) is 12.1 Å². The number of carbonyl (C=O) groups is 2. The van der Waals surface area contributed by atoms with Crippen LogP contribution in [-0.2, 0) is 19.6 Å². The molecule has 0 unspecified atom stereocenters. The van der Waals surface area contributed by atoms with Crippen molar-refractivity contribution >= 4 is 39.4 Å². The molecule has 2 heterocycles. The zero-order valence-corrected chi connectivity index (χ0v) is 18.5. The zero-order valence-electron chi connectivity index (χ0n) is 17.7. The number of sulfonamides is 1. The predicted octanol–water partition coefficient (Wildman–Crippen LogP) is 3.19. The molecule has 0 bridgehead atoms. The molecule has 3 aromatic rings. The molecule has 0 aliphatic carbocycles. The number of methoxy groups -OCH3 is 1. The van der Waals surface area contributed by atoms with Gasteiger partial charge in [-0.15, -0.1) is 0 Å². The molecular weight excluding hydrogens is 446 g/mol. The van der Waals surface area contributed by atoms with Crippen molar-refractivity contribution < 1.29 is 27.2 Å². The molecule has 4 rings (SSSR count). The Balaban J connectivity index is 1.59. The molecule has 168 valence electrons. The fraction of sp³-hybridized carbons (Fsp3) is 0.0870. The quantitative estimate of drug-likeness (QED) is 0.455. The number of ether oxygens (including phenoxy) is 1. The Morgan fingerprint density at radius 3 is 2.52 bits per heavy atom. The van der Waals surface area contributed by atoms with Gasteiger partial charge in [-0.2, -0.15) is 10.1 Å². The third-order valence-corrected chi connectivity index (χ3v) is 5.88. The highest BCUT2D eigenvalue weighted by Crippen LogP contribution is 2.28. The lowest BCUT2D eigenvalue weighted by Gasteiger charge is -2.11. The maximum absolute atomic E-state index is 12.9. The number of nitrogens with two attached hydrogens (primary N) is 1. The average Bonchev–Trinajstić information content (AvgIpc) is 3.38. The number of rotatable bonds is 5. The lowest BCUT2D eigenvalue weighted by Crippen LogP contribution is -2.21. The van der Waals surface area contributed by atoms with E-state index in [0.29, 0.717) is 39.6 Å². The summed E-state index contributed by atoms with van der Waals surface area (Å²) >= 11 is 0. The molecular formula is C23H19N3O6S. The number of primary sulfonamides is 1. The van der Waals surface area contributed by atoms with E-state index >= 15 is 0 Å². The Morgan fingerprint density at radius 1 is 1.12 bits per heavy atom. The maximum atomic E-state index is 12.9. The van der Waals surface area contributed by atoms with E-state index < -0.39 is 16.0 Å². The summed E-state index contributed by atoms with van der Waals surface area (Å²) in [7, 11) is -2.53. The van der Waals surface area contributed by atoms with E-state index in [4.69, 9.17) is 14.3 Å². The van der Waals surface area contributed by atoms with Crippen molar-refractivity contribution in [2.45, 2.75) is 11.8 Å². The molecule has 10 heteroatoms. The molecule has 1 aliphatic heterocycles. The van der Waals surface area contributed by atoms with Crippen LogP contribution in [0.25, 0.3) is 17.4 Å². The third-order valence-electron chi connectivity index (χ3n) is 4.95. The molecule has 2 N–H and O–H groups in total. The van der Waals surface area contributed by atoms with Gasteiger partial charge in [0.2, 0.25) is 10.0 Å². The molecule has 0 radical (unpaired) electrons. The normalized spacial score (nSPS) is 15.1. The highest BCUT2D eigenvalue weighted by atomic mass is 32.2. The van der Waals surface area contributed by atoms with Crippen molar-refractivity contribution in [3.8, 4) is 11.3 Å². The van der Waals surface area contributed by atoms with E-state index in [2.05, 4.69) is 5.10 Å². The summed E-state index contributed by atoms with van der Waals surface area (Å²) in [5, 5.41) is 10.6. The van der Waals surface area contributed by atoms with Gasteiger partial charge < -0.3 is 9.15 Å². The topological polar surface area (TPSA) is 132 Å². The molecule has 0 saturated carbocycles. The van der Waals surface area contributed by atoms with Gasteiger partial charge >= 0.3 is 5.97 Å². The Kier molecular flexibility index (Phi) is 5.71. The second-order valence-electron chi connectivity index (χ2n) is 7.17. The molecule has 9 nitrogen and oxygen atoms in total. The maximum Gasteiger partial charge on any atom is 0.337 e. The van der Waals surface area contributed by atoms with Gasteiger partial charge in [0.25, 0.3) is 5.91 Å². The minimum absolute atomic E-state index is 0.0613. The summed E-state index contributed by atoms with van der Waals surface area (Å²) < 4.78 is 33.5. The highest BCUT2D eigenvalue weighted by molar-refractivity contribution is 7.89. The summed E-state index contributed by atoms with van der Waals surface area (Å²) in [5.41, 5.74) is 2.28. The van der Waals surface area contributed by atoms with Crippen molar-refractivity contribution in [3.05, 3.63) is 77.6 Å². The first-order valence-electron chi connectivity index (χ1n) is 9.70. The fourth-order valence-electron chi connectivity index (χ4n) is 3.28. The monoisotopic (exact) mass is 465 g/mol. The van der Waals surface area contributed by atoms with Crippen LogP contribution in [-0.4, -0.2) is 33.1 Å². The van der Waals surface area contributed by atoms with Crippen LogP contribution in [0.4, 0.5) is 5.69 Å². The van der Waals surface area contributed by atoms with E-state index in [1.54, 1.807) is 49.4 Å². The number of anilines is 1. The van der Waals surface area contributed by atoms with Crippen LogP contribution in [0.3, 0.4) is 0 Å². The second-order valence-corrected chi connectivity index (χ2v) is 8.74. The van der Waals surface area contributed by atoms with Crippen LogP contribution in [0.1, 0.15) is 23.0 Å². The summed E-state index contributed by atoms with van der Waals surface area (Å²) in [6.45, 7) is 1.69. The van der Waals surface area contributed by atoms with Crippen LogP contribution >= 0.6 is 0 Å². The standard InChI is InChI=1S/C23H19N3O6S/c1-14-20(22(27)26(25-14)17-6-9-19(10-7-17)33(24,29)30)13-18-8-11-21(32-18)15-4-3-5-16(12-15)23(28)31-2/h3-13H,1-2H3,(H2,24,29,30)/b20-13-. The molecule has 33 heavy (non-hydrogen) atoms. The summed E-state index contributed by atoms with van der Waals surface area (Å²) in [4.78, 5) is 24.6. The number of benzene rings is 2. The van der Waals surface area contributed by atoms with Crippen LogP contribution in [0.2, 0.25) is 0 Å². The number of esters is 1. The molecule has 0 saturated heterocycles. The Morgan fingerprint density at radius 2 is 1.85 bits per heavy atom. The van der Waals surface area contributed by atoms with E-state index in [1.807, 2.05) is 0 Å². The molecule has 0 spiro atoms. The number of hydrogen-bond acceptors (Lipinski definition) is 7. The van der Waals surface area contributed by atoms with Gasteiger partial charge in [0.15, 0.2) is 0 Å². The van der Waals surface area contributed by atoms with Crippen LogP contribution in [0.15, 0.2) is 80.7 Å². The Bertz CT molecular complexity index is 1420. The Labute approximate surface area is 189 Å². The summed E-state index contributed by atoms with van der Waals surface area (Å²) in [6.07, 6.45) is 1.58. The van der Waals surface area contributed by atoms with Gasteiger partial charge in [0.1, 0.15) is 11.5 Å². The van der Waals surface area contributed by atoms with Gasteiger partial charge in [-0.05, 0) is 61.5 Å². The lowest BCUT2D eigenvalue weighted by atomic mass is 10.1. The Hall–Kier alpha value is -4.02. The smallest absolute Gasteiger partial charge is 0.337 e. The summed E-state index contributed by atoms with van der Waals surface area (Å²) in [5.74, 6) is 0.105. The van der Waals surface area contributed by atoms with Crippen molar-refractivity contribution in [3.63, 3.8) is 0 Å². The molecule has 2 aromatic carbocycles. The number of amides is 1. The van der Waals surface area contributed by atoms with Gasteiger partial charge in [-0.25, -0.2) is 18.4 Å². The molecule has 0 atom stereocenters. The number of hydrazone groups is 1. The van der Waals surface area contributed by atoms with E-state index in [1.165, 1.54) is 36.4 Å². The zero-order chi connectivity index (χ0) is 23.8. The number of carbonyl (C=O) groups excluding carboxylic acids is 2. The molecule has 1 aromatic heterocycles. The number of nitrogens with zero attached hydrogens (tertiary/aromatic N) is 2. The van der Waals surface area contributed by atoms with Crippen LogP contribution in [0, 0.1) is 0 Å². The van der Waals surface area contributed by atoms with E-state index in [-0.39, 0.29) is 10.8 Å². The summed E-state index contributed by atoms with van der Waals surface area (Å²) in [6, 6.07) is 15.8. The second kappa shape index (κ2) is 8.49. The van der Waals surface area contributed by atoms with Gasteiger partial charge in [0, 0.05) is 5.56 Å². The van der Waals surface area contributed by atoms with Crippen molar-refractivity contribution in [1.29, 1.82) is 0 Å². The lowest BCUT2D eigenvalue weighted by molar-refractivity contribution is -0.114. The molecule has 1 aliphatic rings. The first kappa shape index (κ1) is 22.2. The minimum Gasteiger partial charge on any atom is -0.465 e. The fourth-order valence-corrected chi connectivity index (χ4v) is 3.80. The van der Waals surface area contributed by atoms with Gasteiger partial charge in [-0.3, -0.25) is 4.79 Å². The number of furan rings is 1. The van der Waals surface area contributed by atoms with Crippen molar-refractivity contribution in [2.24, 2.45) is 10.2 Å².